The van der Waals surface area contributed by atoms with Gasteiger partial charge in [-0.25, -0.2) is 0 Å². The van der Waals surface area contributed by atoms with Crippen LogP contribution >= 0.6 is 0 Å². The van der Waals surface area contributed by atoms with Crippen LogP contribution in [0.4, 0.5) is 0 Å². The van der Waals surface area contributed by atoms with Crippen molar-refractivity contribution in [3.05, 3.63) is 119 Å². The minimum atomic E-state index is 1.01. The molecular weight excluding hydrogens is 444 g/mol. The molecule has 0 aliphatic carbocycles. The Morgan fingerprint density at radius 2 is 1.05 bits per heavy atom. The van der Waals surface area contributed by atoms with Crippen LogP contribution in [0.15, 0.2) is 91.5 Å². The summed E-state index contributed by atoms with van der Waals surface area (Å²) in [6.07, 6.45) is 23.7. The van der Waals surface area contributed by atoms with Gasteiger partial charge in [-0.15, -0.1) is 0 Å². The molecule has 0 heteroatoms. The summed E-state index contributed by atoms with van der Waals surface area (Å²) in [5.74, 6) is 0. The van der Waals surface area contributed by atoms with Gasteiger partial charge in [0.2, 0.25) is 0 Å². The van der Waals surface area contributed by atoms with E-state index < -0.39 is 0 Å². The van der Waals surface area contributed by atoms with E-state index in [1.807, 2.05) is 6.08 Å². The first kappa shape index (κ1) is 30.4. The van der Waals surface area contributed by atoms with Crippen LogP contribution in [-0.2, 0) is 12.8 Å². The summed E-state index contributed by atoms with van der Waals surface area (Å²) in [5.41, 5.74) is 6.70. The number of unbranched alkanes of at least 4 members (excludes halogenated alkanes) is 9. The predicted molar refractivity (Wildman–Crippen MR) is 167 cm³/mol. The Morgan fingerprint density at radius 1 is 0.541 bits per heavy atom. The lowest BCUT2D eigenvalue weighted by Gasteiger charge is -2.03. The first-order valence-corrected chi connectivity index (χ1v) is 14.8. The molecule has 198 valence electrons. The van der Waals surface area contributed by atoms with Crippen molar-refractivity contribution in [2.45, 2.75) is 97.3 Å². The predicted octanol–water partition coefficient (Wildman–Crippen LogP) is 11.5. The second-order valence-corrected chi connectivity index (χ2v) is 10.1. The third-order valence-corrected chi connectivity index (χ3v) is 6.81. The molecule has 0 fully saturated rings. The van der Waals surface area contributed by atoms with E-state index in [0.717, 1.165) is 12.8 Å². The standard InChI is InChI=1S/C20H32.C17H18/c1-3-5-6-7-8-9-10-11-12-13-14-20-17-15-19(4-2)16-18-20;1-2-3-7-15-10-12-17(13-11-15)14-16-8-5-4-6-9-16/h4,15-18H,2-3,5-14H2,1H3;3-13H,2,14H2,1H3. The van der Waals surface area contributed by atoms with Gasteiger partial charge in [0.15, 0.2) is 0 Å². The highest BCUT2D eigenvalue weighted by Crippen LogP contribution is 2.14. The van der Waals surface area contributed by atoms with E-state index in [1.54, 1.807) is 0 Å². The first-order valence-electron chi connectivity index (χ1n) is 14.8. The molecule has 0 nitrogen and oxygen atoms in total. The lowest BCUT2D eigenvalue weighted by atomic mass is 10.0. The maximum Gasteiger partial charge on any atom is -0.00258 e. The quantitative estimate of drug-likeness (QED) is 0.174. The topological polar surface area (TPSA) is 0 Å². The molecule has 37 heavy (non-hydrogen) atoms. The molecule has 3 rings (SSSR count). The number of allylic oxidation sites excluding steroid dienone is 1. The van der Waals surface area contributed by atoms with Crippen molar-refractivity contribution in [3.8, 4) is 0 Å². The van der Waals surface area contributed by atoms with Crippen LogP contribution in [0.5, 0.6) is 0 Å². The van der Waals surface area contributed by atoms with Gasteiger partial charge in [-0.05, 0) is 53.5 Å². The van der Waals surface area contributed by atoms with Gasteiger partial charge in [-0.1, -0.05) is 175 Å². The number of aryl methyl sites for hydroxylation is 1. The van der Waals surface area contributed by atoms with Crippen molar-refractivity contribution in [1.82, 2.24) is 0 Å². The van der Waals surface area contributed by atoms with E-state index in [1.165, 1.54) is 98.4 Å². The Morgan fingerprint density at radius 3 is 1.62 bits per heavy atom. The third-order valence-electron chi connectivity index (χ3n) is 6.81. The van der Waals surface area contributed by atoms with Crippen molar-refractivity contribution in [3.63, 3.8) is 0 Å². The molecule has 0 bridgehead atoms. The van der Waals surface area contributed by atoms with Gasteiger partial charge in [0.1, 0.15) is 0 Å². The van der Waals surface area contributed by atoms with Gasteiger partial charge >= 0.3 is 0 Å². The van der Waals surface area contributed by atoms with E-state index in [-0.39, 0.29) is 0 Å². The Kier molecular flexibility index (Phi) is 16.6. The largest absolute Gasteiger partial charge is 0.0985 e. The molecule has 0 heterocycles. The van der Waals surface area contributed by atoms with Gasteiger partial charge in [0.25, 0.3) is 0 Å². The van der Waals surface area contributed by atoms with Crippen LogP contribution < -0.4 is 0 Å². The van der Waals surface area contributed by atoms with Crippen LogP contribution in [0.1, 0.15) is 112 Å². The first-order chi connectivity index (χ1) is 18.2. The van der Waals surface area contributed by atoms with Gasteiger partial charge < -0.3 is 0 Å². The van der Waals surface area contributed by atoms with Crippen LogP contribution in [0.2, 0.25) is 0 Å². The van der Waals surface area contributed by atoms with E-state index in [0.29, 0.717) is 0 Å². The van der Waals surface area contributed by atoms with Crippen molar-refractivity contribution in [2.75, 3.05) is 0 Å². The third kappa shape index (κ3) is 14.5. The maximum absolute atomic E-state index is 3.79. The molecular formula is C37H50. The summed E-state index contributed by atoms with van der Waals surface area (Å²) in [4.78, 5) is 0. The van der Waals surface area contributed by atoms with E-state index in [2.05, 4.69) is 111 Å². The lowest BCUT2D eigenvalue weighted by molar-refractivity contribution is 0.556. The molecule has 0 amide bonds. The summed E-state index contributed by atoms with van der Waals surface area (Å²) in [5, 5.41) is 0. The molecule has 3 aromatic rings. The average Bonchev–Trinajstić information content (AvgIpc) is 2.95. The average molecular weight is 495 g/mol. The summed E-state index contributed by atoms with van der Waals surface area (Å²) in [7, 11) is 0. The normalized spacial score (nSPS) is 10.8. The molecule has 0 unspecified atom stereocenters. The molecule has 0 saturated carbocycles. The number of benzene rings is 3. The Bertz CT molecular complexity index is 961. The van der Waals surface area contributed by atoms with Gasteiger partial charge in [0.05, 0.1) is 0 Å². The molecule has 0 aliphatic heterocycles. The number of hydrogen-bond donors (Lipinski definition) is 0. The van der Waals surface area contributed by atoms with Crippen molar-refractivity contribution in [2.24, 2.45) is 0 Å². The highest BCUT2D eigenvalue weighted by Gasteiger charge is 1.96. The summed E-state index contributed by atoms with van der Waals surface area (Å²) in [6.45, 7) is 8.22. The van der Waals surface area contributed by atoms with Crippen molar-refractivity contribution >= 4 is 12.2 Å². The second-order valence-electron chi connectivity index (χ2n) is 10.1. The molecule has 0 atom stereocenters. The van der Waals surface area contributed by atoms with Crippen LogP contribution in [-0.4, -0.2) is 0 Å². The van der Waals surface area contributed by atoms with Gasteiger partial charge in [-0.2, -0.15) is 0 Å². The molecule has 0 aliphatic rings. The van der Waals surface area contributed by atoms with Crippen molar-refractivity contribution < 1.29 is 0 Å². The molecule has 0 N–H and O–H groups in total. The SMILES string of the molecule is C=Cc1ccc(CCCCCCCCCCCC)cc1.CCC=Cc1ccc(Cc2ccccc2)cc1. The van der Waals surface area contributed by atoms with E-state index in [4.69, 9.17) is 0 Å². The van der Waals surface area contributed by atoms with Crippen LogP contribution in [0, 0.1) is 0 Å². The zero-order valence-corrected chi connectivity index (χ0v) is 23.6. The van der Waals surface area contributed by atoms with Crippen LogP contribution in [0.3, 0.4) is 0 Å². The fourth-order valence-corrected chi connectivity index (χ4v) is 4.47. The second kappa shape index (κ2) is 20.2. The monoisotopic (exact) mass is 494 g/mol. The molecule has 0 saturated heterocycles. The minimum Gasteiger partial charge on any atom is -0.0985 e. The minimum absolute atomic E-state index is 1.01. The highest BCUT2D eigenvalue weighted by molar-refractivity contribution is 5.50. The lowest BCUT2D eigenvalue weighted by Crippen LogP contribution is -1.87. The highest BCUT2D eigenvalue weighted by atomic mass is 14.0. The summed E-state index contributed by atoms with van der Waals surface area (Å²) in [6, 6.07) is 28.2. The molecule has 0 radical (unpaired) electrons. The van der Waals surface area contributed by atoms with Crippen LogP contribution in [0.25, 0.3) is 12.2 Å². The van der Waals surface area contributed by atoms with Gasteiger partial charge in [0, 0.05) is 0 Å². The molecule has 0 aromatic heterocycles. The maximum atomic E-state index is 3.79. The van der Waals surface area contributed by atoms with Gasteiger partial charge in [-0.3, -0.25) is 0 Å². The Hall–Kier alpha value is -2.86. The van der Waals surface area contributed by atoms with Crippen molar-refractivity contribution in [1.29, 1.82) is 0 Å². The molecule has 0 spiro atoms. The summed E-state index contributed by atoms with van der Waals surface area (Å²) >= 11 is 0. The Labute approximate surface area is 228 Å². The number of hydrogen-bond acceptors (Lipinski definition) is 0. The fourth-order valence-electron chi connectivity index (χ4n) is 4.47. The fraction of sp³-hybridized carbons (Fsp3) is 0.405. The molecule has 3 aromatic carbocycles. The smallest absolute Gasteiger partial charge is 0.00258 e. The summed E-state index contributed by atoms with van der Waals surface area (Å²) < 4.78 is 0. The Balaban J connectivity index is 0.000000263. The van der Waals surface area contributed by atoms with E-state index in [9.17, 15) is 0 Å². The zero-order valence-electron chi connectivity index (χ0n) is 23.6. The van der Waals surface area contributed by atoms with E-state index >= 15 is 0 Å². The zero-order chi connectivity index (χ0) is 26.4. The number of rotatable bonds is 16.